The van der Waals surface area contributed by atoms with E-state index in [0.717, 1.165) is 12.8 Å². The Kier molecular flexibility index (Phi) is 25.1. The van der Waals surface area contributed by atoms with Crippen LogP contribution in [0.5, 0.6) is 5.75 Å². The Labute approximate surface area is 184 Å². The average Bonchev–Trinajstić information content (AvgIpc) is 2.75. The third kappa shape index (κ3) is 17.9. The first kappa shape index (κ1) is 32.5. The highest BCUT2D eigenvalue weighted by Gasteiger charge is 2.12. The molecule has 1 aromatic rings. The summed E-state index contributed by atoms with van der Waals surface area (Å²) >= 11 is 0. The quantitative estimate of drug-likeness (QED) is 0.248. The number of aliphatic hydroxyl groups is 1. The predicted molar refractivity (Wildman–Crippen MR) is 129 cm³/mol. The molecule has 0 heterocycles. The molecule has 1 amide bonds. The average molecular weight is 425 g/mol. The van der Waals surface area contributed by atoms with Crippen LogP contribution in [0.25, 0.3) is 0 Å². The standard InChI is InChI=1S/C16H24N2O3.C4H8.C2H6O.C2H6/c1-4-11(2)7-12(3)17-9-16(21)13-5-6-15(20)14(8-13)18-10-19;1-3-4-2;1-3-2;1-2/h4-6,8,10,12,16-17,20-21H,7,9H2,1-3H3,(H,18,19);3H,1,4H2,2H3;1-2H3;1-2H3/b11-4+;;;. The van der Waals surface area contributed by atoms with Gasteiger partial charge < -0.3 is 25.6 Å². The van der Waals surface area contributed by atoms with Gasteiger partial charge in [-0.25, -0.2) is 0 Å². The Morgan fingerprint density at radius 3 is 2.27 bits per heavy atom. The molecule has 0 aromatic heterocycles. The lowest BCUT2D eigenvalue weighted by Crippen LogP contribution is -2.30. The molecule has 2 unspecified atom stereocenters. The van der Waals surface area contributed by atoms with Crippen molar-refractivity contribution >= 4 is 12.1 Å². The largest absolute Gasteiger partial charge is 0.506 e. The predicted octanol–water partition coefficient (Wildman–Crippen LogP) is 5.20. The topological polar surface area (TPSA) is 90.8 Å². The number of ether oxygens (including phenoxy) is 1. The lowest BCUT2D eigenvalue weighted by molar-refractivity contribution is -0.105. The summed E-state index contributed by atoms with van der Waals surface area (Å²) in [5.74, 6) is -0.0249. The molecular weight excluding hydrogens is 380 g/mol. The van der Waals surface area contributed by atoms with Crippen LogP contribution in [0.4, 0.5) is 5.69 Å². The summed E-state index contributed by atoms with van der Waals surface area (Å²) in [7, 11) is 3.25. The summed E-state index contributed by atoms with van der Waals surface area (Å²) in [6.45, 7) is 16.1. The summed E-state index contributed by atoms with van der Waals surface area (Å²) in [4.78, 5) is 10.5. The number of hydrogen-bond donors (Lipinski definition) is 4. The van der Waals surface area contributed by atoms with Gasteiger partial charge in [-0.15, -0.1) is 6.58 Å². The van der Waals surface area contributed by atoms with Crippen LogP contribution in [0.2, 0.25) is 0 Å². The number of aromatic hydroxyl groups is 1. The van der Waals surface area contributed by atoms with Crippen molar-refractivity contribution in [3.8, 4) is 5.75 Å². The van der Waals surface area contributed by atoms with E-state index in [1.54, 1.807) is 26.4 Å². The van der Waals surface area contributed by atoms with Crippen LogP contribution in [-0.2, 0) is 9.53 Å². The number of phenolic OH excluding ortho intramolecular Hbond substituents is 1. The number of nitrogens with one attached hydrogen (secondary N) is 2. The molecule has 2 atom stereocenters. The Morgan fingerprint density at radius 1 is 1.30 bits per heavy atom. The van der Waals surface area contributed by atoms with E-state index in [4.69, 9.17) is 0 Å². The van der Waals surface area contributed by atoms with Crippen molar-refractivity contribution in [1.29, 1.82) is 0 Å². The highest BCUT2D eigenvalue weighted by atomic mass is 16.4. The highest BCUT2D eigenvalue weighted by molar-refractivity contribution is 5.75. The molecule has 1 aromatic carbocycles. The molecule has 174 valence electrons. The van der Waals surface area contributed by atoms with Crippen LogP contribution in [0, 0.1) is 0 Å². The smallest absolute Gasteiger partial charge is 0.211 e. The molecule has 0 saturated carbocycles. The van der Waals surface area contributed by atoms with Crippen LogP contribution >= 0.6 is 0 Å². The Morgan fingerprint density at radius 2 is 1.83 bits per heavy atom. The number of carbonyl (C=O) groups is 1. The van der Waals surface area contributed by atoms with E-state index in [9.17, 15) is 15.0 Å². The first-order valence-corrected chi connectivity index (χ1v) is 10.4. The molecule has 4 N–H and O–H groups in total. The number of benzene rings is 1. The second kappa shape index (κ2) is 23.1. The van der Waals surface area contributed by atoms with E-state index in [1.807, 2.05) is 26.8 Å². The molecule has 0 aliphatic carbocycles. The summed E-state index contributed by atoms with van der Waals surface area (Å²) in [5.41, 5.74) is 2.23. The number of hydrogen-bond acceptors (Lipinski definition) is 5. The van der Waals surface area contributed by atoms with Gasteiger partial charge in [0.15, 0.2) is 0 Å². The van der Waals surface area contributed by atoms with Gasteiger partial charge in [-0.3, -0.25) is 4.79 Å². The lowest BCUT2D eigenvalue weighted by atomic mass is 10.1. The maximum absolute atomic E-state index is 10.5. The molecular formula is C24H44N2O4. The van der Waals surface area contributed by atoms with Crippen LogP contribution in [0.3, 0.4) is 0 Å². The Bertz CT molecular complexity index is 574. The number of carbonyl (C=O) groups excluding carboxylic acids is 1. The van der Waals surface area contributed by atoms with Crippen LogP contribution < -0.4 is 10.6 Å². The van der Waals surface area contributed by atoms with E-state index < -0.39 is 6.10 Å². The van der Waals surface area contributed by atoms with Gasteiger partial charge in [-0.2, -0.15) is 0 Å². The molecule has 0 fully saturated rings. The van der Waals surface area contributed by atoms with E-state index in [-0.39, 0.29) is 11.8 Å². The SMILES string of the molecule is C/C=C(\C)CC(C)NCC(O)c1ccc(O)c(NC=O)c1.C=CCC.CC.COC. The monoisotopic (exact) mass is 424 g/mol. The van der Waals surface area contributed by atoms with E-state index in [2.05, 4.69) is 48.8 Å². The maximum Gasteiger partial charge on any atom is 0.211 e. The van der Waals surface area contributed by atoms with Crippen molar-refractivity contribution in [2.24, 2.45) is 0 Å². The zero-order valence-electron chi connectivity index (χ0n) is 20.2. The molecule has 0 aliphatic rings. The first-order chi connectivity index (χ1) is 14.3. The number of phenols is 1. The maximum atomic E-state index is 10.5. The second-order valence-electron chi connectivity index (χ2n) is 6.31. The van der Waals surface area contributed by atoms with Crippen molar-refractivity contribution in [3.63, 3.8) is 0 Å². The molecule has 6 nitrogen and oxygen atoms in total. The molecule has 0 radical (unpaired) electrons. The van der Waals surface area contributed by atoms with Crippen molar-refractivity contribution in [2.45, 2.75) is 66.5 Å². The van der Waals surface area contributed by atoms with E-state index in [1.165, 1.54) is 11.6 Å². The van der Waals surface area contributed by atoms with Gasteiger partial charge >= 0.3 is 0 Å². The van der Waals surface area contributed by atoms with Crippen LogP contribution in [0.1, 0.15) is 66.1 Å². The Hall–Kier alpha value is -2.15. The van der Waals surface area contributed by atoms with Crippen molar-refractivity contribution in [1.82, 2.24) is 5.32 Å². The number of anilines is 1. The highest BCUT2D eigenvalue weighted by Crippen LogP contribution is 2.26. The number of allylic oxidation sites excluding steroid dienone is 2. The molecule has 0 spiro atoms. The molecule has 6 heteroatoms. The fourth-order valence-electron chi connectivity index (χ4n) is 2.04. The normalized spacial score (nSPS) is 11.8. The Balaban J connectivity index is -0.000000691. The first-order valence-electron chi connectivity index (χ1n) is 10.4. The lowest BCUT2D eigenvalue weighted by Gasteiger charge is -2.18. The minimum Gasteiger partial charge on any atom is -0.506 e. The minimum atomic E-state index is -0.703. The van der Waals surface area contributed by atoms with E-state index in [0.29, 0.717) is 24.2 Å². The zero-order chi connectivity index (χ0) is 23.9. The third-order valence-corrected chi connectivity index (χ3v) is 3.69. The number of rotatable bonds is 9. The number of methoxy groups -OCH3 is 1. The van der Waals surface area contributed by atoms with Gasteiger partial charge in [-0.1, -0.05) is 44.6 Å². The zero-order valence-corrected chi connectivity index (χ0v) is 20.2. The molecule has 1 rings (SSSR count). The molecule has 0 aliphatic heterocycles. The second-order valence-corrected chi connectivity index (χ2v) is 6.31. The summed E-state index contributed by atoms with van der Waals surface area (Å²) in [6.07, 6.45) is 5.75. The van der Waals surface area contributed by atoms with Gasteiger partial charge in [-0.05, 0) is 51.3 Å². The summed E-state index contributed by atoms with van der Waals surface area (Å²) in [6, 6.07) is 4.93. The van der Waals surface area contributed by atoms with Gasteiger partial charge in [0.1, 0.15) is 5.75 Å². The van der Waals surface area contributed by atoms with Gasteiger partial charge in [0.2, 0.25) is 6.41 Å². The van der Waals surface area contributed by atoms with Crippen molar-refractivity contribution in [3.05, 3.63) is 48.1 Å². The molecule has 0 bridgehead atoms. The van der Waals surface area contributed by atoms with Crippen molar-refractivity contribution < 1.29 is 19.7 Å². The summed E-state index contributed by atoms with van der Waals surface area (Å²) < 4.78 is 4.25. The molecule has 30 heavy (non-hydrogen) atoms. The van der Waals surface area contributed by atoms with E-state index >= 15 is 0 Å². The number of aliphatic hydroxyl groups excluding tert-OH is 1. The third-order valence-electron chi connectivity index (χ3n) is 3.69. The van der Waals surface area contributed by atoms with Gasteiger partial charge in [0, 0.05) is 26.8 Å². The number of amides is 1. The van der Waals surface area contributed by atoms with Gasteiger partial charge in [0.25, 0.3) is 0 Å². The van der Waals surface area contributed by atoms with Gasteiger partial charge in [0.05, 0.1) is 11.8 Å². The fraction of sp³-hybridized carbons (Fsp3) is 0.542. The van der Waals surface area contributed by atoms with Crippen molar-refractivity contribution in [2.75, 3.05) is 26.1 Å². The molecule has 0 saturated heterocycles. The fourth-order valence-corrected chi connectivity index (χ4v) is 2.04. The summed E-state index contributed by atoms with van der Waals surface area (Å²) in [5, 5.41) is 25.4. The van der Waals surface area contributed by atoms with Crippen LogP contribution in [0.15, 0.2) is 42.5 Å². The minimum absolute atomic E-state index is 0.0249. The van der Waals surface area contributed by atoms with Crippen LogP contribution in [-0.4, -0.2) is 43.4 Å².